The van der Waals surface area contributed by atoms with Gasteiger partial charge in [-0.05, 0) is 49.4 Å². The van der Waals surface area contributed by atoms with Crippen molar-refractivity contribution in [1.82, 2.24) is 9.88 Å². The number of nitrogens with one attached hydrogen (secondary N) is 1. The summed E-state index contributed by atoms with van der Waals surface area (Å²) in [5, 5.41) is 2.00. The zero-order valence-electron chi connectivity index (χ0n) is 15.9. The first-order valence-electron chi connectivity index (χ1n) is 10.1. The summed E-state index contributed by atoms with van der Waals surface area (Å²) < 4.78 is 0. The molecule has 0 atom stereocenters. The van der Waals surface area contributed by atoms with Gasteiger partial charge in [-0.3, -0.25) is 4.79 Å². The Kier molecular flexibility index (Phi) is 4.52. The van der Waals surface area contributed by atoms with E-state index in [1.165, 1.54) is 29.5 Å². The van der Waals surface area contributed by atoms with E-state index in [1.54, 1.807) is 0 Å². The van der Waals surface area contributed by atoms with Crippen LogP contribution in [0.2, 0.25) is 5.02 Å². The Balaban J connectivity index is 1.38. The fraction of sp³-hybridized carbons (Fsp3) is 0.348. The van der Waals surface area contributed by atoms with Crippen LogP contribution in [0.4, 0.5) is 5.69 Å². The predicted octanol–water partition coefficient (Wildman–Crippen LogP) is 4.66. The van der Waals surface area contributed by atoms with Crippen LogP contribution < -0.4 is 4.90 Å². The molecule has 3 aromatic rings. The largest absolute Gasteiger partial charge is 0.367 e. The van der Waals surface area contributed by atoms with Gasteiger partial charge in [0.05, 0.1) is 21.8 Å². The number of anilines is 1. The fourth-order valence-electron chi connectivity index (χ4n) is 4.64. The van der Waals surface area contributed by atoms with Gasteiger partial charge in [-0.15, -0.1) is 0 Å². The summed E-state index contributed by atoms with van der Waals surface area (Å²) >= 11 is 6.34. The SMILES string of the molecule is O=C(c1cccc2c3c([nH]c12)CCCC3)N1CCN(c2ccccc2Cl)CC1. The molecule has 1 aromatic heterocycles. The summed E-state index contributed by atoms with van der Waals surface area (Å²) in [6, 6.07) is 14.1. The third kappa shape index (κ3) is 2.96. The lowest BCUT2D eigenvalue weighted by molar-refractivity contribution is 0.0748. The molecular formula is C23H24ClN3O. The molecule has 0 radical (unpaired) electrons. The summed E-state index contributed by atoms with van der Waals surface area (Å²) in [5.74, 6) is 0.128. The summed E-state index contributed by atoms with van der Waals surface area (Å²) in [5.41, 5.74) is 5.62. The number of hydrogen-bond donors (Lipinski definition) is 1. The maximum Gasteiger partial charge on any atom is 0.256 e. The second-order valence-electron chi connectivity index (χ2n) is 7.75. The molecule has 1 saturated heterocycles. The molecule has 2 heterocycles. The maximum absolute atomic E-state index is 13.3. The van der Waals surface area contributed by atoms with Crippen LogP contribution in [-0.2, 0) is 12.8 Å². The van der Waals surface area contributed by atoms with Crippen molar-refractivity contribution in [3.05, 3.63) is 64.3 Å². The van der Waals surface area contributed by atoms with Gasteiger partial charge in [-0.1, -0.05) is 35.9 Å². The number of aromatic nitrogens is 1. The van der Waals surface area contributed by atoms with Crippen molar-refractivity contribution in [2.24, 2.45) is 0 Å². The van der Waals surface area contributed by atoms with E-state index in [9.17, 15) is 4.79 Å². The molecule has 0 bridgehead atoms. The molecule has 1 amide bonds. The number of rotatable bonds is 2. The average molecular weight is 394 g/mol. The number of carbonyl (C=O) groups is 1. The fourth-order valence-corrected chi connectivity index (χ4v) is 4.89. The van der Waals surface area contributed by atoms with Crippen molar-refractivity contribution in [3.63, 3.8) is 0 Å². The highest BCUT2D eigenvalue weighted by Crippen LogP contribution is 2.32. The molecule has 1 aliphatic carbocycles. The lowest BCUT2D eigenvalue weighted by Crippen LogP contribution is -2.48. The summed E-state index contributed by atoms with van der Waals surface area (Å²) in [4.78, 5) is 21.1. The molecule has 1 N–H and O–H groups in total. The van der Waals surface area contributed by atoms with Gasteiger partial charge in [0.1, 0.15) is 0 Å². The van der Waals surface area contributed by atoms with Crippen molar-refractivity contribution in [2.45, 2.75) is 25.7 Å². The molecule has 4 nitrogen and oxygen atoms in total. The Morgan fingerprint density at radius 3 is 2.54 bits per heavy atom. The van der Waals surface area contributed by atoms with Crippen LogP contribution in [0.5, 0.6) is 0 Å². The van der Waals surface area contributed by atoms with E-state index in [0.29, 0.717) is 13.1 Å². The number of carbonyl (C=O) groups excluding carboxylic acids is 1. The van der Waals surface area contributed by atoms with Crippen LogP contribution in [0.25, 0.3) is 10.9 Å². The van der Waals surface area contributed by atoms with E-state index in [-0.39, 0.29) is 5.91 Å². The van der Waals surface area contributed by atoms with E-state index < -0.39 is 0 Å². The van der Waals surface area contributed by atoms with Crippen molar-refractivity contribution < 1.29 is 4.79 Å². The Morgan fingerprint density at radius 1 is 0.929 bits per heavy atom. The first kappa shape index (κ1) is 17.6. The third-order valence-electron chi connectivity index (χ3n) is 6.12. The Bertz CT molecular complexity index is 1030. The first-order valence-corrected chi connectivity index (χ1v) is 10.5. The molecule has 2 aliphatic rings. The Hall–Kier alpha value is -2.46. The first-order chi connectivity index (χ1) is 13.7. The molecule has 0 spiro atoms. The number of piperazine rings is 1. The third-order valence-corrected chi connectivity index (χ3v) is 6.44. The summed E-state index contributed by atoms with van der Waals surface area (Å²) in [6.45, 7) is 3.01. The predicted molar refractivity (Wildman–Crippen MR) is 115 cm³/mol. The zero-order valence-corrected chi connectivity index (χ0v) is 16.6. The van der Waals surface area contributed by atoms with E-state index in [0.717, 1.165) is 47.7 Å². The maximum atomic E-state index is 13.3. The average Bonchev–Trinajstić information content (AvgIpc) is 3.13. The van der Waals surface area contributed by atoms with E-state index in [2.05, 4.69) is 16.0 Å². The van der Waals surface area contributed by atoms with Gasteiger partial charge in [0.15, 0.2) is 0 Å². The van der Waals surface area contributed by atoms with Crippen molar-refractivity contribution in [2.75, 3.05) is 31.1 Å². The van der Waals surface area contributed by atoms with E-state index in [1.807, 2.05) is 41.3 Å². The molecule has 2 aromatic carbocycles. The number of halogens is 1. The minimum Gasteiger partial charge on any atom is -0.367 e. The lowest BCUT2D eigenvalue weighted by Gasteiger charge is -2.36. The van der Waals surface area contributed by atoms with Crippen LogP contribution >= 0.6 is 11.6 Å². The molecule has 1 fully saturated rings. The van der Waals surface area contributed by atoms with Gasteiger partial charge in [0, 0.05) is 37.3 Å². The molecule has 0 unspecified atom stereocenters. The highest BCUT2D eigenvalue weighted by atomic mass is 35.5. The lowest BCUT2D eigenvalue weighted by atomic mass is 9.95. The van der Waals surface area contributed by atoms with Crippen LogP contribution in [0.3, 0.4) is 0 Å². The van der Waals surface area contributed by atoms with Crippen molar-refractivity contribution >= 4 is 34.1 Å². The second-order valence-corrected chi connectivity index (χ2v) is 8.16. The topological polar surface area (TPSA) is 39.3 Å². The zero-order chi connectivity index (χ0) is 19.1. The number of aromatic amines is 1. The van der Waals surface area contributed by atoms with Gasteiger partial charge in [0.25, 0.3) is 5.91 Å². The number of H-pyrrole nitrogens is 1. The van der Waals surface area contributed by atoms with Gasteiger partial charge < -0.3 is 14.8 Å². The number of benzene rings is 2. The van der Waals surface area contributed by atoms with E-state index in [4.69, 9.17) is 11.6 Å². The number of para-hydroxylation sites is 2. The van der Waals surface area contributed by atoms with E-state index >= 15 is 0 Å². The van der Waals surface area contributed by atoms with Crippen LogP contribution in [0.1, 0.15) is 34.5 Å². The van der Waals surface area contributed by atoms with Crippen LogP contribution in [-0.4, -0.2) is 42.0 Å². The highest BCUT2D eigenvalue weighted by Gasteiger charge is 2.26. The minimum atomic E-state index is 0.128. The Labute approximate surface area is 170 Å². The molecule has 5 rings (SSSR count). The summed E-state index contributed by atoms with van der Waals surface area (Å²) in [7, 11) is 0. The van der Waals surface area contributed by atoms with Crippen LogP contribution in [0.15, 0.2) is 42.5 Å². The monoisotopic (exact) mass is 393 g/mol. The number of fused-ring (bicyclic) bond motifs is 3. The molecular weight excluding hydrogens is 370 g/mol. The Morgan fingerprint density at radius 2 is 1.71 bits per heavy atom. The van der Waals surface area contributed by atoms with Gasteiger partial charge in [0.2, 0.25) is 0 Å². The molecule has 0 saturated carbocycles. The molecule has 28 heavy (non-hydrogen) atoms. The van der Waals surface area contributed by atoms with Crippen molar-refractivity contribution in [3.8, 4) is 0 Å². The standard InChI is InChI=1S/C23H24ClN3O/c24-19-9-2-4-11-21(19)26-12-14-27(15-13-26)23(28)18-8-5-7-17-16-6-1-3-10-20(16)25-22(17)18/h2,4-5,7-9,11,25H,1,3,6,10,12-15H2. The van der Waals surface area contributed by atoms with Crippen LogP contribution in [0, 0.1) is 0 Å². The normalized spacial score (nSPS) is 17.0. The number of aryl methyl sites for hydroxylation is 2. The quantitative estimate of drug-likeness (QED) is 0.687. The van der Waals surface area contributed by atoms with Gasteiger partial charge >= 0.3 is 0 Å². The minimum absolute atomic E-state index is 0.128. The molecule has 5 heteroatoms. The van der Waals surface area contributed by atoms with Gasteiger partial charge in [-0.2, -0.15) is 0 Å². The molecule has 1 aliphatic heterocycles. The molecule has 144 valence electrons. The highest BCUT2D eigenvalue weighted by molar-refractivity contribution is 6.33. The smallest absolute Gasteiger partial charge is 0.256 e. The number of amides is 1. The second kappa shape index (κ2) is 7.17. The number of hydrogen-bond acceptors (Lipinski definition) is 2. The van der Waals surface area contributed by atoms with Gasteiger partial charge in [-0.25, -0.2) is 0 Å². The summed E-state index contributed by atoms with van der Waals surface area (Å²) in [6.07, 6.45) is 4.67. The van der Waals surface area contributed by atoms with Crippen molar-refractivity contribution in [1.29, 1.82) is 0 Å². The number of nitrogens with zero attached hydrogens (tertiary/aromatic N) is 2.